The Morgan fingerprint density at radius 1 is 1.82 bits per heavy atom. The SMILES string of the molecule is CCc1ncc(/C=N/OC)s1. The number of oxime groups is 1. The van der Waals surface area contributed by atoms with Crippen molar-refractivity contribution in [2.75, 3.05) is 7.11 Å². The van der Waals surface area contributed by atoms with E-state index in [1.807, 2.05) is 0 Å². The summed E-state index contributed by atoms with van der Waals surface area (Å²) >= 11 is 1.63. The molecule has 0 fully saturated rings. The van der Waals surface area contributed by atoms with Crippen molar-refractivity contribution in [3.63, 3.8) is 0 Å². The highest BCUT2D eigenvalue weighted by atomic mass is 32.1. The molecule has 60 valence electrons. The third kappa shape index (κ3) is 2.31. The van der Waals surface area contributed by atoms with Crippen molar-refractivity contribution in [1.82, 2.24) is 4.98 Å². The molecule has 0 bridgehead atoms. The normalized spacial score (nSPS) is 10.7. The van der Waals surface area contributed by atoms with E-state index in [1.165, 1.54) is 7.11 Å². The molecule has 0 saturated carbocycles. The average Bonchev–Trinajstić information content (AvgIpc) is 2.48. The molecule has 0 amide bonds. The van der Waals surface area contributed by atoms with E-state index >= 15 is 0 Å². The summed E-state index contributed by atoms with van der Waals surface area (Å²) < 4.78 is 0. The topological polar surface area (TPSA) is 34.5 Å². The lowest BCUT2D eigenvalue weighted by Gasteiger charge is -1.82. The van der Waals surface area contributed by atoms with Gasteiger partial charge in [0, 0.05) is 6.20 Å². The van der Waals surface area contributed by atoms with Gasteiger partial charge in [-0.3, -0.25) is 0 Å². The fourth-order valence-electron chi connectivity index (χ4n) is 0.652. The van der Waals surface area contributed by atoms with Gasteiger partial charge in [0.2, 0.25) is 0 Å². The second-order valence-corrected chi connectivity index (χ2v) is 3.07. The zero-order valence-electron chi connectivity index (χ0n) is 6.57. The molecule has 0 aromatic carbocycles. The van der Waals surface area contributed by atoms with Crippen molar-refractivity contribution in [3.8, 4) is 0 Å². The summed E-state index contributed by atoms with van der Waals surface area (Å²) in [6, 6.07) is 0. The van der Waals surface area contributed by atoms with Crippen molar-refractivity contribution < 1.29 is 4.84 Å². The van der Waals surface area contributed by atoms with Crippen LogP contribution in [0.2, 0.25) is 0 Å². The lowest BCUT2D eigenvalue weighted by Crippen LogP contribution is -1.73. The van der Waals surface area contributed by atoms with Crippen molar-refractivity contribution in [3.05, 3.63) is 16.1 Å². The van der Waals surface area contributed by atoms with Crippen molar-refractivity contribution >= 4 is 17.6 Å². The molecule has 1 heterocycles. The number of thiazole rings is 1. The minimum Gasteiger partial charge on any atom is -0.399 e. The van der Waals surface area contributed by atoms with Crippen LogP contribution in [0.15, 0.2) is 11.4 Å². The van der Waals surface area contributed by atoms with E-state index in [1.54, 1.807) is 23.7 Å². The maximum absolute atomic E-state index is 4.54. The second-order valence-electron chi connectivity index (χ2n) is 1.93. The first-order valence-corrected chi connectivity index (χ1v) is 4.19. The average molecular weight is 170 g/mol. The van der Waals surface area contributed by atoms with Crippen LogP contribution in [0.1, 0.15) is 16.8 Å². The predicted molar refractivity (Wildman–Crippen MR) is 46.1 cm³/mol. The monoisotopic (exact) mass is 170 g/mol. The van der Waals surface area contributed by atoms with Gasteiger partial charge in [-0.2, -0.15) is 0 Å². The molecule has 0 radical (unpaired) electrons. The lowest BCUT2D eigenvalue weighted by molar-refractivity contribution is 0.215. The van der Waals surface area contributed by atoms with Gasteiger partial charge in [0.25, 0.3) is 0 Å². The van der Waals surface area contributed by atoms with Crippen LogP contribution in [-0.4, -0.2) is 18.3 Å². The first-order chi connectivity index (χ1) is 5.36. The van der Waals surface area contributed by atoms with E-state index in [-0.39, 0.29) is 0 Å². The van der Waals surface area contributed by atoms with Gasteiger partial charge in [-0.15, -0.1) is 11.3 Å². The van der Waals surface area contributed by atoms with Crippen LogP contribution >= 0.6 is 11.3 Å². The molecule has 4 heteroatoms. The highest BCUT2D eigenvalue weighted by Crippen LogP contribution is 2.10. The fraction of sp³-hybridized carbons (Fsp3) is 0.429. The number of rotatable bonds is 3. The Morgan fingerprint density at radius 2 is 2.64 bits per heavy atom. The van der Waals surface area contributed by atoms with E-state index < -0.39 is 0 Å². The second kappa shape index (κ2) is 4.08. The van der Waals surface area contributed by atoms with Crippen LogP contribution < -0.4 is 0 Å². The van der Waals surface area contributed by atoms with Gasteiger partial charge >= 0.3 is 0 Å². The molecule has 0 aliphatic heterocycles. The van der Waals surface area contributed by atoms with Crippen LogP contribution in [0.25, 0.3) is 0 Å². The molecule has 0 spiro atoms. The zero-order chi connectivity index (χ0) is 8.10. The summed E-state index contributed by atoms with van der Waals surface area (Å²) in [7, 11) is 1.53. The number of aryl methyl sites for hydroxylation is 1. The van der Waals surface area contributed by atoms with Gasteiger partial charge in [0.15, 0.2) is 0 Å². The third-order valence-corrected chi connectivity index (χ3v) is 2.24. The van der Waals surface area contributed by atoms with Crippen molar-refractivity contribution in [1.29, 1.82) is 0 Å². The lowest BCUT2D eigenvalue weighted by atomic mass is 10.5. The van der Waals surface area contributed by atoms with E-state index in [4.69, 9.17) is 0 Å². The molecule has 1 aromatic rings. The first-order valence-electron chi connectivity index (χ1n) is 3.38. The van der Waals surface area contributed by atoms with Gasteiger partial charge < -0.3 is 4.84 Å². The molecule has 3 nitrogen and oxygen atoms in total. The van der Waals surface area contributed by atoms with E-state index in [0.29, 0.717) is 0 Å². The Hall–Kier alpha value is -0.900. The van der Waals surface area contributed by atoms with Gasteiger partial charge in [-0.1, -0.05) is 12.1 Å². The van der Waals surface area contributed by atoms with Crippen LogP contribution in [-0.2, 0) is 11.3 Å². The molecule has 0 unspecified atom stereocenters. The number of nitrogens with zero attached hydrogens (tertiary/aromatic N) is 2. The molecule has 1 aromatic heterocycles. The summed E-state index contributed by atoms with van der Waals surface area (Å²) in [6.07, 6.45) is 4.44. The summed E-state index contributed by atoms with van der Waals surface area (Å²) in [5.41, 5.74) is 0. The van der Waals surface area contributed by atoms with Crippen LogP contribution in [0.4, 0.5) is 0 Å². The van der Waals surface area contributed by atoms with Crippen molar-refractivity contribution in [2.24, 2.45) is 5.16 Å². The number of hydrogen-bond donors (Lipinski definition) is 0. The maximum atomic E-state index is 4.54. The molecule has 0 aliphatic rings. The van der Waals surface area contributed by atoms with E-state index in [9.17, 15) is 0 Å². The summed E-state index contributed by atoms with van der Waals surface area (Å²) in [6.45, 7) is 2.08. The Bertz CT molecular complexity index is 244. The first kappa shape index (κ1) is 8.20. The number of aromatic nitrogens is 1. The van der Waals surface area contributed by atoms with Gasteiger partial charge in [0.1, 0.15) is 7.11 Å². The van der Waals surface area contributed by atoms with Gasteiger partial charge in [0.05, 0.1) is 16.1 Å². The Balaban J connectivity index is 2.65. The van der Waals surface area contributed by atoms with Crippen molar-refractivity contribution in [2.45, 2.75) is 13.3 Å². The number of hydrogen-bond acceptors (Lipinski definition) is 4. The predicted octanol–water partition coefficient (Wildman–Crippen LogP) is 1.69. The molecule has 0 atom stereocenters. The molecule has 0 saturated heterocycles. The quantitative estimate of drug-likeness (QED) is 0.511. The fourth-order valence-corrected chi connectivity index (χ4v) is 1.38. The molecule has 1 rings (SSSR count). The standard InChI is InChI=1S/C7H10N2OS/c1-3-7-8-4-6(11-7)5-9-10-2/h4-5H,3H2,1-2H3/b9-5+. The van der Waals surface area contributed by atoms with E-state index in [0.717, 1.165) is 16.3 Å². The molecular weight excluding hydrogens is 160 g/mol. The minimum atomic E-state index is 0.978. The Morgan fingerprint density at radius 3 is 3.18 bits per heavy atom. The van der Waals surface area contributed by atoms with Crippen LogP contribution in [0.3, 0.4) is 0 Å². The largest absolute Gasteiger partial charge is 0.399 e. The molecule has 0 N–H and O–H groups in total. The third-order valence-electron chi connectivity index (χ3n) is 1.16. The van der Waals surface area contributed by atoms with E-state index in [2.05, 4.69) is 21.9 Å². The highest BCUT2D eigenvalue weighted by Gasteiger charge is 1.95. The summed E-state index contributed by atoms with van der Waals surface area (Å²) in [4.78, 5) is 9.73. The Labute approximate surface area is 69.7 Å². The zero-order valence-corrected chi connectivity index (χ0v) is 7.39. The molecule has 11 heavy (non-hydrogen) atoms. The summed E-state index contributed by atoms with van der Waals surface area (Å²) in [5.74, 6) is 0. The van der Waals surface area contributed by atoms with Gasteiger partial charge in [-0.05, 0) is 6.42 Å². The van der Waals surface area contributed by atoms with Crippen LogP contribution in [0, 0.1) is 0 Å². The highest BCUT2D eigenvalue weighted by molar-refractivity contribution is 7.13. The molecular formula is C7H10N2OS. The summed E-state index contributed by atoms with van der Waals surface area (Å²) in [5, 5.41) is 4.76. The smallest absolute Gasteiger partial charge is 0.106 e. The molecule has 0 aliphatic carbocycles. The maximum Gasteiger partial charge on any atom is 0.106 e. The van der Waals surface area contributed by atoms with Gasteiger partial charge in [-0.25, -0.2) is 4.98 Å². The van der Waals surface area contributed by atoms with Crippen LogP contribution in [0.5, 0.6) is 0 Å². The minimum absolute atomic E-state index is 0.978. The Kier molecular flexibility index (Phi) is 3.04.